The minimum Gasteiger partial charge on any atom is -0.497 e. The zero-order valence-corrected chi connectivity index (χ0v) is 17.3. The summed E-state index contributed by atoms with van der Waals surface area (Å²) in [4.78, 5) is 24.7. The topological polar surface area (TPSA) is 80.6 Å². The Morgan fingerprint density at radius 1 is 1.07 bits per heavy atom. The maximum Gasteiger partial charge on any atom is 0.276 e. The van der Waals surface area contributed by atoms with Gasteiger partial charge in [0.1, 0.15) is 17.2 Å². The van der Waals surface area contributed by atoms with Crippen molar-refractivity contribution in [3.8, 4) is 11.5 Å². The van der Waals surface area contributed by atoms with Gasteiger partial charge in [0.2, 0.25) is 6.04 Å². The predicted molar refractivity (Wildman–Crippen MR) is 108 cm³/mol. The molecule has 0 aliphatic heterocycles. The molecule has 0 aliphatic carbocycles. The van der Waals surface area contributed by atoms with Gasteiger partial charge in [0.25, 0.3) is 5.91 Å². The van der Waals surface area contributed by atoms with Crippen molar-refractivity contribution >= 4 is 46.4 Å². The van der Waals surface area contributed by atoms with Gasteiger partial charge in [-0.3, -0.25) is 9.59 Å². The number of hydrogen-bond donors (Lipinski definition) is 0. The molecule has 2 rings (SSSR count). The third-order valence-corrected chi connectivity index (χ3v) is 4.42. The molecule has 0 spiro atoms. The Labute approximate surface area is 173 Å². The zero-order valence-electron chi connectivity index (χ0n) is 15.8. The number of nitrogens with zero attached hydrogens (tertiary/aromatic N) is 3. The van der Waals surface area contributed by atoms with Crippen molar-refractivity contribution in [3.05, 3.63) is 47.0 Å². The molecule has 0 heterocycles. The van der Waals surface area contributed by atoms with Crippen LogP contribution in [0.4, 0.5) is 11.4 Å². The lowest BCUT2D eigenvalue weighted by Gasteiger charge is -2.18. The Morgan fingerprint density at radius 2 is 1.68 bits per heavy atom. The number of hydrogen-bond acceptors (Lipinski definition) is 6. The number of rotatable bonds is 7. The summed E-state index contributed by atoms with van der Waals surface area (Å²) in [6.07, 6.45) is 0. The molecule has 7 nitrogen and oxygen atoms in total. The van der Waals surface area contributed by atoms with Crippen molar-refractivity contribution in [2.45, 2.75) is 19.9 Å². The summed E-state index contributed by atoms with van der Waals surface area (Å²) in [5.74, 6) is -0.422. The Hall–Kier alpha value is -2.64. The highest BCUT2D eigenvalue weighted by Crippen LogP contribution is 2.31. The van der Waals surface area contributed by atoms with Gasteiger partial charge < -0.3 is 9.47 Å². The summed E-state index contributed by atoms with van der Waals surface area (Å²) in [7, 11) is 2.94. The zero-order chi connectivity index (χ0) is 20.8. The summed E-state index contributed by atoms with van der Waals surface area (Å²) < 4.78 is 11.1. The van der Waals surface area contributed by atoms with Gasteiger partial charge >= 0.3 is 0 Å². The first kappa shape index (κ1) is 21.7. The van der Waals surface area contributed by atoms with E-state index in [4.69, 9.17) is 32.9 Å². The molecule has 1 unspecified atom stereocenters. The SMILES string of the molecule is COc1cc(OC)cc(N(Cl)C(=O)C(N=Nc2ccc(C)cc2Cl)C(C)=O)c1. The van der Waals surface area contributed by atoms with E-state index in [1.807, 2.05) is 6.92 Å². The molecule has 9 heteroatoms. The van der Waals surface area contributed by atoms with E-state index in [-0.39, 0.29) is 5.69 Å². The van der Waals surface area contributed by atoms with Crippen LogP contribution in [-0.2, 0) is 9.59 Å². The van der Waals surface area contributed by atoms with Crippen LogP contribution in [-0.4, -0.2) is 32.0 Å². The van der Waals surface area contributed by atoms with Crippen LogP contribution < -0.4 is 13.9 Å². The Balaban J connectivity index is 2.31. The first-order valence-corrected chi connectivity index (χ1v) is 8.88. The number of ketones is 1. The van der Waals surface area contributed by atoms with Gasteiger partial charge in [0.15, 0.2) is 5.78 Å². The van der Waals surface area contributed by atoms with E-state index in [9.17, 15) is 9.59 Å². The number of aryl methyl sites for hydroxylation is 1. The number of anilines is 1. The molecule has 0 fully saturated rings. The van der Waals surface area contributed by atoms with E-state index in [1.165, 1.54) is 33.3 Å². The molecule has 0 radical (unpaired) electrons. The summed E-state index contributed by atoms with van der Waals surface area (Å²) in [6, 6.07) is 8.40. The molecule has 0 aliphatic rings. The number of carbonyl (C=O) groups is 2. The average Bonchev–Trinajstić information content (AvgIpc) is 2.68. The number of azo groups is 1. The predicted octanol–water partition coefficient (Wildman–Crippen LogP) is 4.89. The Morgan fingerprint density at radius 3 is 2.18 bits per heavy atom. The number of Topliss-reactive ketones (excluding diaryl/α,β-unsaturated/α-hetero) is 1. The molecular formula is C19H19Cl2N3O4. The van der Waals surface area contributed by atoms with Crippen LogP contribution in [0.5, 0.6) is 11.5 Å². The monoisotopic (exact) mass is 423 g/mol. The van der Waals surface area contributed by atoms with Crippen molar-refractivity contribution in [2.75, 3.05) is 18.6 Å². The van der Waals surface area contributed by atoms with Crippen LogP contribution in [0.1, 0.15) is 12.5 Å². The van der Waals surface area contributed by atoms with Crippen molar-refractivity contribution in [1.82, 2.24) is 0 Å². The standard InChI is InChI=1S/C19H19Cl2N3O4/c1-11-5-6-17(16(20)7-11)22-23-18(12(2)25)19(26)24(21)13-8-14(27-3)10-15(9-13)28-4/h5-10,18H,1-4H3. The van der Waals surface area contributed by atoms with Gasteiger partial charge in [-0.05, 0) is 31.5 Å². The molecule has 148 valence electrons. The molecule has 0 N–H and O–H groups in total. The normalized spacial score (nSPS) is 11.9. The number of halogens is 2. The van der Waals surface area contributed by atoms with E-state index >= 15 is 0 Å². The molecule has 1 amide bonds. The van der Waals surface area contributed by atoms with Crippen LogP contribution in [0.15, 0.2) is 46.6 Å². The summed E-state index contributed by atoms with van der Waals surface area (Å²) in [6.45, 7) is 3.11. The van der Waals surface area contributed by atoms with E-state index in [2.05, 4.69) is 10.2 Å². The van der Waals surface area contributed by atoms with Gasteiger partial charge in [-0.2, -0.15) is 10.2 Å². The van der Waals surface area contributed by atoms with E-state index < -0.39 is 17.7 Å². The second kappa shape index (κ2) is 9.52. The van der Waals surface area contributed by atoms with Gasteiger partial charge in [-0.25, -0.2) is 4.42 Å². The van der Waals surface area contributed by atoms with Crippen LogP contribution in [0.25, 0.3) is 0 Å². The fraction of sp³-hybridized carbons (Fsp3) is 0.263. The van der Waals surface area contributed by atoms with Crippen molar-refractivity contribution in [1.29, 1.82) is 0 Å². The lowest BCUT2D eigenvalue weighted by molar-refractivity contribution is -0.126. The number of benzene rings is 2. The van der Waals surface area contributed by atoms with Crippen LogP contribution >= 0.6 is 23.4 Å². The second-order valence-electron chi connectivity index (χ2n) is 5.87. The Kier molecular flexibility index (Phi) is 7.37. The van der Waals surface area contributed by atoms with Crippen molar-refractivity contribution < 1.29 is 19.1 Å². The Bertz CT molecular complexity index is 896. The summed E-state index contributed by atoms with van der Waals surface area (Å²) in [5, 5.41) is 8.18. The number of methoxy groups -OCH3 is 2. The summed E-state index contributed by atoms with van der Waals surface area (Å²) in [5.41, 5.74) is 1.55. The average molecular weight is 424 g/mol. The van der Waals surface area contributed by atoms with Crippen LogP contribution in [0.3, 0.4) is 0 Å². The smallest absolute Gasteiger partial charge is 0.276 e. The molecule has 0 saturated carbocycles. The highest BCUT2D eigenvalue weighted by molar-refractivity contribution is 6.39. The van der Waals surface area contributed by atoms with Gasteiger partial charge in [0.05, 0.1) is 24.9 Å². The molecule has 1 atom stereocenters. The quantitative estimate of drug-likeness (QED) is 0.360. The molecule has 2 aromatic rings. The number of ether oxygens (including phenoxy) is 2. The maximum atomic E-state index is 12.7. The fourth-order valence-corrected chi connectivity index (χ4v) is 2.72. The molecule has 0 bridgehead atoms. The molecular weight excluding hydrogens is 405 g/mol. The number of carbonyl (C=O) groups excluding carboxylic acids is 2. The van der Waals surface area contributed by atoms with Gasteiger partial charge in [0, 0.05) is 30.0 Å². The van der Waals surface area contributed by atoms with Crippen molar-refractivity contribution in [2.24, 2.45) is 10.2 Å². The second-order valence-corrected chi connectivity index (χ2v) is 6.62. The first-order valence-electron chi connectivity index (χ1n) is 8.17. The lowest BCUT2D eigenvalue weighted by atomic mass is 10.2. The first-order chi connectivity index (χ1) is 13.3. The molecule has 28 heavy (non-hydrogen) atoms. The van der Waals surface area contributed by atoms with E-state index in [0.717, 1.165) is 9.98 Å². The third-order valence-electron chi connectivity index (χ3n) is 3.76. The summed E-state index contributed by atoms with van der Waals surface area (Å²) >= 11 is 12.3. The highest BCUT2D eigenvalue weighted by atomic mass is 35.5. The van der Waals surface area contributed by atoms with E-state index in [1.54, 1.807) is 24.3 Å². The lowest BCUT2D eigenvalue weighted by Crippen LogP contribution is -2.36. The van der Waals surface area contributed by atoms with Gasteiger partial charge in [-0.15, -0.1) is 0 Å². The number of amides is 1. The largest absolute Gasteiger partial charge is 0.497 e. The van der Waals surface area contributed by atoms with Crippen molar-refractivity contribution in [3.63, 3.8) is 0 Å². The fourth-order valence-electron chi connectivity index (χ4n) is 2.26. The third kappa shape index (κ3) is 5.21. The minimum absolute atomic E-state index is 0.262. The van der Waals surface area contributed by atoms with Gasteiger partial charge in [-0.1, -0.05) is 17.7 Å². The highest BCUT2D eigenvalue weighted by Gasteiger charge is 2.29. The molecule has 0 saturated heterocycles. The molecule has 0 aromatic heterocycles. The van der Waals surface area contributed by atoms with Crippen LogP contribution in [0.2, 0.25) is 5.02 Å². The molecule has 2 aromatic carbocycles. The van der Waals surface area contributed by atoms with E-state index in [0.29, 0.717) is 22.2 Å². The van der Waals surface area contributed by atoms with Crippen LogP contribution in [0, 0.1) is 6.92 Å². The minimum atomic E-state index is -1.42. The maximum absolute atomic E-state index is 12.7.